The number of benzene rings is 1. The predicted octanol–water partition coefficient (Wildman–Crippen LogP) is 2.25. The van der Waals surface area contributed by atoms with E-state index in [9.17, 15) is 4.79 Å². The predicted molar refractivity (Wildman–Crippen MR) is 71.5 cm³/mol. The van der Waals surface area contributed by atoms with Crippen LogP contribution in [0.1, 0.15) is 24.3 Å². The van der Waals surface area contributed by atoms with Gasteiger partial charge in [0.25, 0.3) is 0 Å². The lowest BCUT2D eigenvalue weighted by Gasteiger charge is -2.22. The maximum absolute atomic E-state index is 11.8. The van der Waals surface area contributed by atoms with E-state index in [2.05, 4.69) is 32.6 Å². The van der Waals surface area contributed by atoms with Crippen LogP contribution in [0.2, 0.25) is 0 Å². The van der Waals surface area contributed by atoms with E-state index < -0.39 is 0 Å². The molecule has 0 fully saturated rings. The summed E-state index contributed by atoms with van der Waals surface area (Å²) in [4.78, 5) is 15.8. The van der Waals surface area contributed by atoms with Crippen molar-refractivity contribution >= 4 is 11.7 Å². The second-order valence-electron chi connectivity index (χ2n) is 4.61. The summed E-state index contributed by atoms with van der Waals surface area (Å²) in [5.41, 5.74) is 2.07. The Labute approximate surface area is 110 Å². The molecule has 0 saturated heterocycles. The van der Waals surface area contributed by atoms with Crippen LogP contribution in [-0.4, -0.2) is 21.0 Å². The summed E-state index contributed by atoms with van der Waals surface area (Å²) in [5.74, 6) is 0.930. The van der Waals surface area contributed by atoms with Gasteiger partial charge in [-0.25, -0.2) is 5.10 Å². The SMILES string of the molecule is O=C1C=C(Nc2ncn[nH]2)C[C@@H](c2ccccc2)C1. The standard InChI is InChI=1S/C14H14N4O/c19-13-7-11(10-4-2-1-3-5-10)6-12(8-13)17-14-15-9-16-18-14/h1-5,8-9,11H,6-7H2,(H2,15,16,17,18)/t11-/m1/s1. The molecule has 1 aliphatic carbocycles. The molecule has 0 aliphatic heterocycles. The zero-order chi connectivity index (χ0) is 13.1. The van der Waals surface area contributed by atoms with Gasteiger partial charge in [-0.3, -0.25) is 4.79 Å². The number of hydrogen-bond donors (Lipinski definition) is 2. The first kappa shape index (κ1) is 11.6. The van der Waals surface area contributed by atoms with Crippen molar-refractivity contribution in [2.45, 2.75) is 18.8 Å². The summed E-state index contributed by atoms with van der Waals surface area (Å²) in [6, 6.07) is 10.1. The van der Waals surface area contributed by atoms with Crippen molar-refractivity contribution in [3.8, 4) is 0 Å². The highest BCUT2D eigenvalue weighted by Crippen LogP contribution is 2.31. The topological polar surface area (TPSA) is 70.7 Å². The monoisotopic (exact) mass is 254 g/mol. The van der Waals surface area contributed by atoms with Gasteiger partial charge in [0.2, 0.25) is 5.95 Å². The minimum Gasteiger partial charge on any atom is -0.328 e. The smallest absolute Gasteiger partial charge is 0.222 e. The summed E-state index contributed by atoms with van der Waals surface area (Å²) in [6.45, 7) is 0. The van der Waals surface area contributed by atoms with E-state index in [0.717, 1.165) is 12.1 Å². The van der Waals surface area contributed by atoms with Crippen molar-refractivity contribution in [2.75, 3.05) is 5.32 Å². The fraction of sp³-hybridized carbons (Fsp3) is 0.214. The normalized spacial score (nSPS) is 19.1. The molecule has 2 aromatic rings. The van der Waals surface area contributed by atoms with Crippen molar-refractivity contribution in [3.05, 3.63) is 54.0 Å². The summed E-state index contributed by atoms with van der Waals surface area (Å²) >= 11 is 0. The van der Waals surface area contributed by atoms with E-state index in [1.165, 1.54) is 11.9 Å². The fourth-order valence-electron chi connectivity index (χ4n) is 2.36. The Morgan fingerprint density at radius 2 is 2.05 bits per heavy atom. The number of hydrogen-bond acceptors (Lipinski definition) is 4. The number of nitrogens with zero attached hydrogens (tertiary/aromatic N) is 2. The number of ketones is 1. The van der Waals surface area contributed by atoms with Crippen molar-refractivity contribution < 1.29 is 4.79 Å². The average molecular weight is 254 g/mol. The zero-order valence-electron chi connectivity index (χ0n) is 10.3. The molecule has 3 rings (SSSR count). The molecule has 1 atom stereocenters. The molecule has 5 nitrogen and oxygen atoms in total. The molecule has 19 heavy (non-hydrogen) atoms. The number of allylic oxidation sites excluding steroid dienone is 2. The first-order chi connectivity index (χ1) is 9.31. The van der Waals surface area contributed by atoms with Crippen molar-refractivity contribution in [1.29, 1.82) is 0 Å². The van der Waals surface area contributed by atoms with Gasteiger partial charge in [-0.2, -0.15) is 10.1 Å². The van der Waals surface area contributed by atoms with Gasteiger partial charge in [0, 0.05) is 18.2 Å². The molecular weight excluding hydrogens is 240 g/mol. The molecule has 1 aromatic carbocycles. The Balaban J connectivity index is 1.78. The molecule has 0 spiro atoms. The van der Waals surface area contributed by atoms with Crippen LogP contribution >= 0.6 is 0 Å². The number of rotatable bonds is 3. The lowest BCUT2D eigenvalue weighted by Crippen LogP contribution is -2.17. The van der Waals surface area contributed by atoms with Crippen LogP contribution in [0.5, 0.6) is 0 Å². The molecule has 0 radical (unpaired) electrons. The quantitative estimate of drug-likeness (QED) is 0.881. The molecule has 1 heterocycles. The largest absolute Gasteiger partial charge is 0.328 e. The number of nitrogens with one attached hydrogen (secondary N) is 2. The van der Waals surface area contributed by atoms with Crippen LogP contribution in [0.3, 0.4) is 0 Å². The second kappa shape index (κ2) is 5.06. The van der Waals surface area contributed by atoms with Gasteiger partial charge in [0.15, 0.2) is 5.78 Å². The van der Waals surface area contributed by atoms with Crippen LogP contribution in [-0.2, 0) is 4.79 Å². The number of carbonyl (C=O) groups excluding carboxylic acids is 1. The maximum atomic E-state index is 11.8. The highest BCUT2D eigenvalue weighted by atomic mass is 16.1. The Kier molecular flexibility index (Phi) is 3.10. The Morgan fingerprint density at radius 1 is 1.21 bits per heavy atom. The highest BCUT2D eigenvalue weighted by Gasteiger charge is 2.22. The molecule has 0 unspecified atom stereocenters. The summed E-state index contributed by atoms with van der Waals surface area (Å²) in [5, 5.41) is 9.60. The number of carbonyl (C=O) groups is 1. The van der Waals surface area contributed by atoms with Crippen molar-refractivity contribution in [2.24, 2.45) is 0 Å². The minimum absolute atomic E-state index is 0.141. The molecule has 0 bridgehead atoms. The van der Waals surface area contributed by atoms with Crippen LogP contribution in [0.4, 0.5) is 5.95 Å². The molecule has 1 aliphatic rings. The van der Waals surface area contributed by atoms with Crippen LogP contribution < -0.4 is 5.32 Å². The van der Waals surface area contributed by atoms with Crippen LogP contribution in [0, 0.1) is 0 Å². The van der Waals surface area contributed by atoms with Crippen molar-refractivity contribution in [3.63, 3.8) is 0 Å². The molecule has 0 saturated carbocycles. The van der Waals surface area contributed by atoms with Gasteiger partial charge in [-0.05, 0) is 17.9 Å². The first-order valence-corrected chi connectivity index (χ1v) is 6.22. The van der Waals surface area contributed by atoms with Gasteiger partial charge in [0.05, 0.1) is 0 Å². The number of aromatic nitrogens is 3. The number of aromatic amines is 1. The van der Waals surface area contributed by atoms with E-state index in [4.69, 9.17) is 0 Å². The van der Waals surface area contributed by atoms with E-state index in [-0.39, 0.29) is 11.7 Å². The summed E-state index contributed by atoms with van der Waals surface area (Å²) in [6.07, 6.45) is 4.45. The third-order valence-corrected chi connectivity index (χ3v) is 3.21. The highest BCUT2D eigenvalue weighted by molar-refractivity contribution is 5.92. The maximum Gasteiger partial charge on any atom is 0.222 e. The Bertz CT molecular complexity index is 589. The van der Waals surface area contributed by atoms with E-state index in [1.54, 1.807) is 6.08 Å². The minimum atomic E-state index is 0.141. The van der Waals surface area contributed by atoms with Crippen LogP contribution in [0.15, 0.2) is 48.4 Å². The molecule has 2 N–H and O–H groups in total. The number of anilines is 1. The fourth-order valence-corrected chi connectivity index (χ4v) is 2.36. The van der Waals surface area contributed by atoms with Crippen molar-refractivity contribution in [1.82, 2.24) is 15.2 Å². The molecule has 0 amide bonds. The van der Waals surface area contributed by atoms with E-state index >= 15 is 0 Å². The Hall–Kier alpha value is -2.43. The second-order valence-corrected chi connectivity index (χ2v) is 4.61. The third-order valence-electron chi connectivity index (χ3n) is 3.21. The number of H-pyrrole nitrogens is 1. The average Bonchev–Trinajstić information content (AvgIpc) is 2.92. The lowest BCUT2D eigenvalue weighted by atomic mass is 9.85. The van der Waals surface area contributed by atoms with Gasteiger partial charge >= 0.3 is 0 Å². The zero-order valence-corrected chi connectivity index (χ0v) is 10.3. The third kappa shape index (κ3) is 2.70. The van der Waals surface area contributed by atoms with Gasteiger partial charge in [-0.1, -0.05) is 30.3 Å². The molecule has 96 valence electrons. The van der Waals surface area contributed by atoms with E-state index in [1.807, 2.05) is 18.2 Å². The summed E-state index contributed by atoms with van der Waals surface area (Å²) < 4.78 is 0. The van der Waals surface area contributed by atoms with E-state index in [0.29, 0.717) is 12.4 Å². The molecule has 1 aromatic heterocycles. The molecular formula is C14H14N4O. The molecule has 5 heteroatoms. The van der Waals surface area contributed by atoms with Gasteiger partial charge in [0.1, 0.15) is 6.33 Å². The van der Waals surface area contributed by atoms with Gasteiger partial charge < -0.3 is 5.32 Å². The first-order valence-electron chi connectivity index (χ1n) is 6.22. The van der Waals surface area contributed by atoms with Crippen LogP contribution in [0.25, 0.3) is 0 Å². The summed E-state index contributed by atoms with van der Waals surface area (Å²) in [7, 11) is 0. The lowest BCUT2D eigenvalue weighted by molar-refractivity contribution is -0.115. The van der Waals surface area contributed by atoms with Gasteiger partial charge in [-0.15, -0.1) is 0 Å². The Morgan fingerprint density at radius 3 is 2.79 bits per heavy atom.